The van der Waals surface area contributed by atoms with Crippen molar-refractivity contribution < 1.29 is 9.53 Å². The number of carbonyl (C=O) groups excluding carboxylic acids is 1. The molecule has 1 amide bonds. The molecular formula is C20H24N2O2S. The van der Waals surface area contributed by atoms with Gasteiger partial charge in [0.05, 0.1) is 22.5 Å². The van der Waals surface area contributed by atoms with E-state index in [4.69, 9.17) is 10.00 Å². The number of amides is 1. The van der Waals surface area contributed by atoms with Crippen molar-refractivity contribution in [1.29, 1.82) is 5.26 Å². The summed E-state index contributed by atoms with van der Waals surface area (Å²) in [7, 11) is 0. The van der Waals surface area contributed by atoms with E-state index >= 15 is 0 Å². The zero-order chi connectivity index (χ0) is 17.3. The Kier molecular flexibility index (Phi) is 4.75. The second-order valence-corrected chi connectivity index (χ2v) is 9.15. The van der Waals surface area contributed by atoms with Gasteiger partial charge < -0.3 is 9.64 Å². The molecule has 1 unspecified atom stereocenters. The molecule has 1 aromatic rings. The lowest BCUT2D eigenvalue weighted by molar-refractivity contribution is 0.0197. The molecule has 1 saturated carbocycles. The molecule has 4 rings (SSSR count). The Labute approximate surface area is 153 Å². The summed E-state index contributed by atoms with van der Waals surface area (Å²) in [5.74, 6) is 1.87. The third kappa shape index (κ3) is 3.56. The van der Waals surface area contributed by atoms with E-state index in [0.717, 1.165) is 37.8 Å². The van der Waals surface area contributed by atoms with Crippen molar-refractivity contribution in [2.24, 2.45) is 5.92 Å². The highest BCUT2D eigenvalue weighted by Crippen LogP contribution is 2.46. The summed E-state index contributed by atoms with van der Waals surface area (Å²) < 4.78 is 6.37. The number of ether oxygens (including phenoxy) is 1. The standard InChI is InChI=1S/C20H24N2O2S/c21-10-16-6-3-7-17(8-16)19(23)22-13-20(14-22)9-18(12-25-20)24-11-15-4-1-2-5-15/h3,6-8,15,18H,1-2,4-5,9,11-14H2. The molecule has 3 aliphatic rings. The number of rotatable bonds is 4. The third-order valence-corrected chi connectivity index (χ3v) is 7.28. The molecule has 2 saturated heterocycles. The number of thioether (sulfide) groups is 1. The smallest absolute Gasteiger partial charge is 0.253 e. The molecule has 1 spiro atoms. The topological polar surface area (TPSA) is 53.3 Å². The first-order chi connectivity index (χ1) is 12.2. The van der Waals surface area contributed by atoms with Gasteiger partial charge in [0, 0.05) is 31.0 Å². The van der Waals surface area contributed by atoms with Gasteiger partial charge in [0.1, 0.15) is 0 Å². The molecule has 1 aromatic carbocycles. The summed E-state index contributed by atoms with van der Waals surface area (Å²) in [4.78, 5) is 14.5. The van der Waals surface area contributed by atoms with Crippen LogP contribution in [0.5, 0.6) is 0 Å². The van der Waals surface area contributed by atoms with E-state index in [2.05, 4.69) is 6.07 Å². The minimum absolute atomic E-state index is 0.0404. The molecule has 5 heteroatoms. The van der Waals surface area contributed by atoms with Crippen molar-refractivity contribution in [3.8, 4) is 6.07 Å². The van der Waals surface area contributed by atoms with E-state index in [9.17, 15) is 4.79 Å². The van der Waals surface area contributed by atoms with Crippen LogP contribution < -0.4 is 0 Å². The molecule has 3 fully saturated rings. The van der Waals surface area contributed by atoms with Gasteiger partial charge in [-0.3, -0.25) is 4.79 Å². The van der Waals surface area contributed by atoms with Gasteiger partial charge >= 0.3 is 0 Å². The maximum Gasteiger partial charge on any atom is 0.253 e. The van der Waals surface area contributed by atoms with E-state index in [-0.39, 0.29) is 10.7 Å². The molecule has 2 heterocycles. The largest absolute Gasteiger partial charge is 0.377 e. The monoisotopic (exact) mass is 356 g/mol. The first kappa shape index (κ1) is 16.9. The predicted molar refractivity (Wildman–Crippen MR) is 98.6 cm³/mol. The Balaban J connectivity index is 1.28. The fraction of sp³-hybridized carbons (Fsp3) is 0.600. The average molecular weight is 356 g/mol. The molecular weight excluding hydrogens is 332 g/mol. The number of hydrogen-bond donors (Lipinski definition) is 0. The normalized spacial score (nSPS) is 25.1. The van der Waals surface area contributed by atoms with Gasteiger partial charge in [-0.2, -0.15) is 5.26 Å². The van der Waals surface area contributed by atoms with Crippen LogP contribution in [0.1, 0.15) is 48.0 Å². The Bertz CT molecular complexity index is 687. The summed E-state index contributed by atoms with van der Waals surface area (Å²) >= 11 is 1.97. The maximum atomic E-state index is 12.6. The van der Waals surface area contributed by atoms with Crippen LogP contribution in [0.3, 0.4) is 0 Å². The molecule has 0 N–H and O–H groups in total. The van der Waals surface area contributed by atoms with Crippen molar-refractivity contribution in [1.82, 2.24) is 4.90 Å². The first-order valence-corrected chi connectivity index (χ1v) is 10.2. The van der Waals surface area contributed by atoms with Gasteiger partial charge in [-0.25, -0.2) is 0 Å². The highest BCUT2D eigenvalue weighted by molar-refractivity contribution is 8.01. The van der Waals surface area contributed by atoms with E-state index in [1.54, 1.807) is 24.3 Å². The molecule has 25 heavy (non-hydrogen) atoms. The Morgan fingerprint density at radius 3 is 2.92 bits per heavy atom. The lowest BCUT2D eigenvalue weighted by Crippen LogP contribution is -2.60. The van der Waals surface area contributed by atoms with Gasteiger partial charge in [-0.05, 0) is 43.4 Å². The van der Waals surface area contributed by atoms with Gasteiger partial charge in [-0.1, -0.05) is 18.9 Å². The number of nitriles is 1. The van der Waals surface area contributed by atoms with Crippen LogP contribution in [-0.4, -0.2) is 47.1 Å². The Morgan fingerprint density at radius 1 is 1.36 bits per heavy atom. The van der Waals surface area contributed by atoms with Crippen molar-refractivity contribution >= 4 is 17.7 Å². The van der Waals surface area contributed by atoms with Crippen molar-refractivity contribution in [2.75, 3.05) is 25.4 Å². The van der Waals surface area contributed by atoms with E-state index < -0.39 is 0 Å². The average Bonchev–Trinajstić information content (AvgIpc) is 3.27. The highest BCUT2D eigenvalue weighted by atomic mass is 32.2. The third-order valence-electron chi connectivity index (χ3n) is 5.70. The van der Waals surface area contributed by atoms with Crippen molar-refractivity contribution in [2.45, 2.75) is 43.0 Å². The SMILES string of the molecule is N#Cc1cccc(C(=O)N2CC3(CC(OCC4CCCC4)CS3)C2)c1. The predicted octanol–water partition coefficient (Wildman–Crippen LogP) is 3.47. The highest BCUT2D eigenvalue weighted by Gasteiger charge is 2.51. The number of likely N-dealkylation sites (tertiary alicyclic amines) is 1. The lowest BCUT2D eigenvalue weighted by atomic mass is 9.92. The fourth-order valence-electron chi connectivity index (χ4n) is 4.28. The zero-order valence-electron chi connectivity index (χ0n) is 14.4. The van der Waals surface area contributed by atoms with Crippen LogP contribution in [0.15, 0.2) is 24.3 Å². The van der Waals surface area contributed by atoms with Crippen LogP contribution in [-0.2, 0) is 4.74 Å². The zero-order valence-corrected chi connectivity index (χ0v) is 15.3. The summed E-state index contributed by atoms with van der Waals surface area (Å²) in [6.45, 7) is 2.53. The number of carbonyl (C=O) groups is 1. The number of benzene rings is 1. The molecule has 4 nitrogen and oxygen atoms in total. The van der Waals surface area contributed by atoms with Crippen molar-refractivity contribution in [3.63, 3.8) is 0 Å². The summed E-state index contributed by atoms with van der Waals surface area (Å²) in [6.07, 6.45) is 6.80. The van der Waals surface area contributed by atoms with E-state index in [0.29, 0.717) is 17.2 Å². The van der Waals surface area contributed by atoms with Crippen LogP contribution in [0.4, 0.5) is 0 Å². The van der Waals surface area contributed by atoms with Crippen LogP contribution in [0, 0.1) is 17.2 Å². The van der Waals surface area contributed by atoms with Gasteiger partial charge in [0.2, 0.25) is 0 Å². The second-order valence-electron chi connectivity index (χ2n) is 7.66. The van der Waals surface area contributed by atoms with E-state index in [1.807, 2.05) is 16.7 Å². The number of nitrogens with zero attached hydrogens (tertiary/aromatic N) is 2. The summed E-state index contributed by atoms with van der Waals surface area (Å²) in [5, 5.41) is 8.99. The van der Waals surface area contributed by atoms with Crippen LogP contribution in [0.25, 0.3) is 0 Å². The first-order valence-electron chi connectivity index (χ1n) is 9.22. The molecule has 132 valence electrons. The minimum atomic E-state index is 0.0404. The minimum Gasteiger partial charge on any atom is -0.377 e. The second kappa shape index (κ2) is 7.01. The fourth-order valence-corrected chi connectivity index (χ4v) is 5.83. The van der Waals surface area contributed by atoms with Crippen LogP contribution >= 0.6 is 11.8 Å². The molecule has 2 aliphatic heterocycles. The molecule has 0 bridgehead atoms. The summed E-state index contributed by atoms with van der Waals surface area (Å²) in [5.41, 5.74) is 1.16. The molecule has 1 atom stereocenters. The quantitative estimate of drug-likeness (QED) is 0.829. The maximum absolute atomic E-state index is 12.6. The summed E-state index contributed by atoms with van der Waals surface area (Å²) in [6, 6.07) is 9.08. The van der Waals surface area contributed by atoms with Gasteiger partial charge in [0.15, 0.2) is 0 Å². The molecule has 1 aliphatic carbocycles. The Hall–Kier alpha value is -1.51. The molecule has 0 radical (unpaired) electrons. The lowest BCUT2D eigenvalue weighted by Gasteiger charge is -2.47. The van der Waals surface area contributed by atoms with Gasteiger partial charge in [-0.15, -0.1) is 11.8 Å². The van der Waals surface area contributed by atoms with Crippen molar-refractivity contribution in [3.05, 3.63) is 35.4 Å². The van der Waals surface area contributed by atoms with Gasteiger partial charge in [0.25, 0.3) is 5.91 Å². The van der Waals surface area contributed by atoms with Crippen LogP contribution in [0.2, 0.25) is 0 Å². The molecule has 0 aromatic heterocycles. The number of hydrogen-bond acceptors (Lipinski definition) is 4. The van der Waals surface area contributed by atoms with E-state index in [1.165, 1.54) is 25.7 Å². The Morgan fingerprint density at radius 2 is 2.16 bits per heavy atom.